The van der Waals surface area contributed by atoms with Crippen LogP contribution in [0.4, 0.5) is 0 Å². The van der Waals surface area contributed by atoms with E-state index in [1.165, 1.54) is 0 Å². The molecule has 0 aromatic heterocycles. The molecule has 14 nitrogen and oxygen atoms in total. The van der Waals surface area contributed by atoms with Gasteiger partial charge in [0.2, 0.25) is 0 Å². The minimum Gasteiger partial charge on any atom is -0.479 e. The summed E-state index contributed by atoms with van der Waals surface area (Å²) in [5, 5.41) is 58.0. The van der Waals surface area contributed by atoms with E-state index in [2.05, 4.69) is 12.8 Å². The summed E-state index contributed by atoms with van der Waals surface area (Å²) in [6.45, 7) is 13.7. The quantitative estimate of drug-likeness (QED) is 0.183. The second-order valence-corrected chi connectivity index (χ2v) is 10.2. The molecule has 40 heavy (non-hydrogen) atoms. The average molecular weight is 583 g/mol. The van der Waals surface area contributed by atoms with E-state index in [4.69, 9.17) is 38.6 Å². The van der Waals surface area contributed by atoms with Gasteiger partial charge < -0.3 is 59.1 Å². The summed E-state index contributed by atoms with van der Waals surface area (Å²) in [5.74, 6) is -2.54. The van der Waals surface area contributed by atoms with Gasteiger partial charge in [-0.3, -0.25) is 0 Å². The van der Waals surface area contributed by atoms with Crippen molar-refractivity contribution in [3.8, 4) is 12.8 Å². The van der Waals surface area contributed by atoms with Gasteiger partial charge in [0.1, 0.15) is 36.6 Å². The summed E-state index contributed by atoms with van der Waals surface area (Å²) in [7, 11) is 0. The molecule has 0 aliphatic carbocycles. The van der Waals surface area contributed by atoms with Crippen molar-refractivity contribution in [1.29, 1.82) is 0 Å². The van der Waals surface area contributed by atoms with Crippen LogP contribution in [0.1, 0.15) is 55.4 Å². The monoisotopic (exact) mass is 582 g/mol. The zero-order valence-corrected chi connectivity index (χ0v) is 24.2. The number of ether oxygens (including phenoxy) is 6. The Balaban J connectivity index is 0.000000716. The van der Waals surface area contributed by atoms with Crippen LogP contribution in [0.15, 0.2) is 0 Å². The van der Waals surface area contributed by atoms with Gasteiger partial charge in [-0.05, 0) is 55.4 Å². The Bertz CT molecular complexity index is 710. The summed E-state index contributed by atoms with van der Waals surface area (Å²) in [5.41, 5.74) is 0. The highest BCUT2D eigenvalue weighted by atomic mass is 16.7. The van der Waals surface area contributed by atoms with Crippen LogP contribution in [-0.2, 0) is 38.0 Å². The molecule has 0 saturated carbocycles. The van der Waals surface area contributed by atoms with Gasteiger partial charge in [0.05, 0.1) is 24.4 Å². The van der Waals surface area contributed by atoms with E-state index in [-0.39, 0.29) is 24.4 Å². The summed E-state index contributed by atoms with van der Waals surface area (Å²) in [6.07, 6.45) is -6.09. The first-order valence-corrected chi connectivity index (χ1v) is 12.9. The number of aliphatic carboxylic acids is 2. The number of carbonyl (C=O) groups is 2. The zero-order chi connectivity index (χ0) is 31.5. The number of hydrogen-bond donors (Lipinski definition) is 6. The highest BCUT2D eigenvalue weighted by Gasteiger charge is 2.50. The summed E-state index contributed by atoms with van der Waals surface area (Å²) in [6, 6.07) is 0. The van der Waals surface area contributed by atoms with Gasteiger partial charge in [-0.25, -0.2) is 9.59 Å². The highest BCUT2D eigenvalue weighted by Crippen LogP contribution is 2.27. The van der Waals surface area contributed by atoms with Crippen LogP contribution in [0.3, 0.4) is 0 Å². The third-order valence-corrected chi connectivity index (χ3v) is 5.25. The van der Waals surface area contributed by atoms with Crippen LogP contribution >= 0.6 is 0 Å². The molecule has 2 rings (SSSR count). The first kappa shape index (κ1) is 38.1. The molecule has 2 aliphatic heterocycles. The van der Waals surface area contributed by atoms with Crippen molar-refractivity contribution in [2.75, 3.05) is 0 Å². The Morgan fingerprint density at radius 3 is 1.00 bits per heavy atom. The minimum atomic E-state index is -1.39. The lowest BCUT2D eigenvalue weighted by Gasteiger charge is -2.41. The first-order valence-electron chi connectivity index (χ1n) is 12.9. The third-order valence-electron chi connectivity index (χ3n) is 5.25. The lowest BCUT2D eigenvalue weighted by molar-refractivity contribution is -0.310. The number of aliphatic hydroxyl groups excluding tert-OH is 4. The smallest absolute Gasteiger partial charge is 0.335 e. The van der Waals surface area contributed by atoms with Crippen molar-refractivity contribution in [1.82, 2.24) is 0 Å². The number of aliphatic hydroxyl groups is 4. The standard InChI is InChI=1S/2C12H22O7.C2H2/c2*1-5(2)17-9-7(13)8(14)12(18-6(3)4)19-10(9)11(15)16;1-2/h2*5-10,12-14H,1-4H3,(H,15,16);1-2H/t7-,8?,9+,10?,12-;7-,8+,9+,10-,12-;/m11./s1. The van der Waals surface area contributed by atoms with Crippen LogP contribution < -0.4 is 0 Å². The lowest BCUT2D eigenvalue weighted by atomic mass is 9.98. The predicted octanol–water partition coefficient (Wildman–Crippen LogP) is -0.278. The molecule has 6 N–H and O–H groups in total. The molecular formula is C26H46O14. The summed E-state index contributed by atoms with van der Waals surface area (Å²) >= 11 is 0. The minimum absolute atomic E-state index is 0.274. The van der Waals surface area contributed by atoms with Crippen LogP contribution in [0.5, 0.6) is 0 Å². The molecule has 14 heteroatoms. The third kappa shape index (κ3) is 11.5. The van der Waals surface area contributed by atoms with E-state index in [1.54, 1.807) is 55.4 Å². The van der Waals surface area contributed by atoms with E-state index < -0.39 is 73.4 Å². The van der Waals surface area contributed by atoms with Gasteiger partial charge in [-0.15, -0.1) is 12.8 Å². The van der Waals surface area contributed by atoms with E-state index in [9.17, 15) is 30.0 Å². The molecule has 234 valence electrons. The molecule has 2 heterocycles. The molecular weight excluding hydrogens is 536 g/mol. The predicted molar refractivity (Wildman–Crippen MR) is 139 cm³/mol. The average Bonchev–Trinajstić information content (AvgIpc) is 2.83. The van der Waals surface area contributed by atoms with E-state index in [0.717, 1.165) is 0 Å². The van der Waals surface area contributed by atoms with Crippen molar-refractivity contribution in [3.63, 3.8) is 0 Å². The molecule has 0 bridgehead atoms. The normalized spacial score (nSPS) is 34.1. The van der Waals surface area contributed by atoms with Crippen molar-refractivity contribution >= 4 is 11.9 Å². The van der Waals surface area contributed by atoms with Gasteiger partial charge in [0.15, 0.2) is 24.8 Å². The fourth-order valence-electron chi connectivity index (χ4n) is 3.77. The van der Waals surface area contributed by atoms with Crippen LogP contribution in [0.2, 0.25) is 0 Å². The number of carboxylic acid groups (broad SMARTS) is 2. The number of carboxylic acids is 2. The Kier molecular flexibility index (Phi) is 17.0. The Morgan fingerprint density at radius 1 is 0.550 bits per heavy atom. The molecule has 2 saturated heterocycles. The molecule has 0 aromatic carbocycles. The molecule has 0 amide bonds. The SMILES string of the molecule is C#C.CC(C)O[C@@H]1OC(C(=O)O)[C@@H](OC(C)C)[C@H](O)C1O.CC(C)O[C@@H]1O[C@@H](C(=O)O)[C@@H](OC(C)C)[C@H](O)[C@@H]1O. The molecule has 0 radical (unpaired) electrons. The molecule has 2 fully saturated rings. The van der Waals surface area contributed by atoms with E-state index >= 15 is 0 Å². The maximum Gasteiger partial charge on any atom is 0.335 e. The highest BCUT2D eigenvalue weighted by molar-refractivity contribution is 5.74. The van der Waals surface area contributed by atoms with Gasteiger partial charge in [0.25, 0.3) is 0 Å². The second-order valence-electron chi connectivity index (χ2n) is 10.2. The molecule has 0 spiro atoms. The van der Waals surface area contributed by atoms with E-state index in [0.29, 0.717) is 0 Å². The van der Waals surface area contributed by atoms with Crippen molar-refractivity contribution in [2.24, 2.45) is 0 Å². The fraction of sp³-hybridized carbons (Fsp3) is 0.846. The largest absolute Gasteiger partial charge is 0.479 e. The van der Waals surface area contributed by atoms with Gasteiger partial charge in [-0.2, -0.15) is 0 Å². The summed E-state index contributed by atoms with van der Waals surface area (Å²) in [4.78, 5) is 22.4. The van der Waals surface area contributed by atoms with Crippen LogP contribution in [0, 0.1) is 12.8 Å². The summed E-state index contributed by atoms with van der Waals surface area (Å²) < 4.78 is 31.6. The second kappa shape index (κ2) is 17.8. The van der Waals surface area contributed by atoms with Crippen LogP contribution in [-0.4, -0.2) is 128 Å². The topological polar surface area (TPSA) is 211 Å². The zero-order valence-electron chi connectivity index (χ0n) is 24.2. The fourth-order valence-corrected chi connectivity index (χ4v) is 3.77. The first-order chi connectivity index (χ1) is 18.5. The van der Waals surface area contributed by atoms with Crippen molar-refractivity contribution in [2.45, 2.75) is 141 Å². The van der Waals surface area contributed by atoms with E-state index in [1.807, 2.05) is 0 Å². The molecule has 2 unspecified atom stereocenters. The Morgan fingerprint density at radius 2 is 0.800 bits per heavy atom. The maximum atomic E-state index is 11.2. The molecule has 0 aromatic rings. The number of terminal acetylenes is 1. The van der Waals surface area contributed by atoms with Gasteiger partial charge in [-0.1, -0.05) is 0 Å². The number of rotatable bonds is 10. The van der Waals surface area contributed by atoms with Crippen molar-refractivity contribution < 1.29 is 68.6 Å². The molecule has 10 atom stereocenters. The van der Waals surface area contributed by atoms with Crippen LogP contribution in [0.25, 0.3) is 0 Å². The molecule has 2 aliphatic rings. The van der Waals surface area contributed by atoms with Gasteiger partial charge in [0, 0.05) is 0 Å². The maximum absolute atomic E-state index is 11.2. The Hall–Kier alpha value is -1.90. The number of hydrogen-bond acceptors (Lipinski definition) is 12. The Labute approximate surface area is 235 Å². The lowest BCUT2D eigenvalue weighted by Crippen LogP contribution is -2.61. The van der Waals surface area contributed by atoms with Gasteiger partial charge >= 0.3 is 11.9 Å². The van der Waals surface area contributed by atoms with Crippen molar-refractivity contribution in [3.05, 3.63) is 0 Å².